The standard InChI is InChI=1S/C14H17F2N3O2/c1-8(2)19-7-9(6-12(19)20)17-14(21)18-13-10(15)4-3-5-11(13)16/h3-5,8-9H,6-7H2,1-2H3,(H2,17,18,21). The third-order valence-electron chi connectivity index (χ3n) is 3.32. The molecule has 1 heterocycles. The second kappa shape index (κ2) is 6.07. The number of halogens is 2. The van der Waals surface area contributed by atoms with Gasteiger partial charge in [-0.3, -0.25) is 4.79 Å². The third kappa shape index (κ3) is 3.48. The minimum atomic E-state index is -0.851. The summed E-state index contributed by atoms with van der Waals surface area (Å²) < 4.78 is 26.8. The molecule has 2 rings (SSSR count). The Morgan fingerprint density at radius 1 is 1.33 bits per heavy atom. The first-order chi connectivity index (χ1) is 9.88. The molecule has 21 heavy (non-hydrogen) atoms. The minimum absolute atomic E-state index is 0.0487. The number of hydrogen-bond acceptors (Lipinski definition) is 2. The summed E-state index contributed by atoms with van der Waals surface area (Å²) in [5.74, 6) is -1.75. The third-order valence-corrected chi connectivity index (χ3v) is 3.32. The summed E-state index contributed by atoms with van der Waals surface area (Å²) in [4.78, 5) is 25.1. The number of amides is 3. The number of benzene rings is 1. The van der Waals surface area contributed by atoms with E-state index in [-0.39, 0.29) is 24.4 Å². The molecule has 1 aromatic rings. The molecule has 114 valence electrons. The van der Waals surface area contributed by atoms with Crippen LogP contribution in [0.2, 0.25) is 0 Å². The maximum Gasteiger partial charge on any atom is 0.319 e. The fourth-order valence-electron chi connectivity index (χ4n) is 2.28. The average molecular weight is 297 g/mol. The highest BCUT2D eigenvalue weighted by Gasteiger charge is 2.32. The highest BCUT2D eigenvalue weighted by atomic mass is 19.1. The van der Waals surface area contributed by atoms with Gasteiger partial charge in [0.1, 0.15) is 17.3 Å². The van der Waals surface area contributed by atoms with Gasteiger partial charge < -0.3 is 15.5 Å². The Kier molecular flexibility index (Phi) is 4.40. The van der Waals surface area contributed by atoms with E-state index in [4.69, 9.17) is 0 Å². The van der Waals surface area contributed by atoms with Crippen LogP contribution in [0.15, 0.2) is 18.2 Å². The Morgan fingerprint density at radius 3 is 2.48 bits per heavy atom. The monoisotopic (exact) mass is 297 g/mol. The SMILES string of the molecule is CC(C)N1CC(NC(=O)Nc2c(F)cccc2F)CC1=O. The van der Waals surface area contributed by atoms with Gasteiger partial charge in [0, 0.05) is 19.0 Å². The van der Waals surface area contributed by atoms with Crippen LogP contribution in [-0.4, -0.2) is 35.5 Å². The molecule has 0 radical (unpaired) electrons. The van der Waals surface area contributed by atoms with Crippen LogP contribution in [0.1, 0.15) is 20.3 Å². The van der Waals surface area contributed by atoms with Crippen molar-refractivity contribution in [2.24, 2.45) is 0 Å². The lowest BCUT2D eigenvalue weighted by Crippen LogP contribution is -2.41. The van der Waals surface area contributed by atoms with Gasteiger partial charge in [-0.2, -0.15) is 0 Å². The Labute approximate surface area is 121 Å². The molecular weight excluding hydrogens is 280 g/mol. The van der Waals surface area contributed by atoms with Gasteiger partial charge in [-0.1, -0.05) is 6.07 Å². The number of urea groups is 1. The smallest absolute Gasteiger partial charge is 0.319 e. The fourth-order valence-corrected chi connectivity index (χ4v) is 2.28. The Bertz CT molecular complexity index is 543. The number of carbonyl (C=O) groups excluding carboxylic acids is 2. The molecule has 1 saturated heterocycles. The van der Waals surface area contributed by atoms with Crippen molar-refractivity contribution >= 4 is 17.6 Å². The number of nitrogens with zero attached hydrogens (tertiary/aromatic N) is 1. The maximum atomic E-state index is 13.4. The Balaban J connectivity index is 1.96. The number of nitrogens with one attached hydrogen (secondary N) is 2. The van der Waals surface area contributed by atoms with Crippen molar-refractivity contribution in [3.63, 3.8) is 0 Å². The van der Waals surface area contributed by atoms with Gasteiger partial charge >= 0.3 is 6.03 Å². The quantitative estimate of drug-likeness (QED) is 0.897. The van der Waals surface area contributed by atoms with Gasteiger partial charge in [-0.05, 0) is 26.0 Å². The van der Waals surface area contributed by atoms with Gasteiger partial charge in [0.15, 0.2) is 0 Å². The molecule has 5 nitrogen and oxygen atoms in total. The predicted octanol–water partition coefficient (Wildman–Crippen LogP) is 2.10. The van der Waals surface area contributed by atoms with Crippen molar-refractivity contribution in [2.45, 2.75) is 32.4 Å². The van der Waals surface area contributed by atoms with E-state index in [1.165, 1.54) is 6.07 Å². The fraction of sp³-hybridized carbons (Fsp3) is 0.429. The van der Waals surface area contributed by atoms with Crippen molar-refractivity contribution in [3.05, 3.63) is 29.8 Å². The summed E-state index contributed by atoms with van der Waals surface area (Å²) in [6.07, 6.45) is 0.186. The molecule has 1 unspecified atom stereocenters. The molecule has 0 aromatic heterocycles. The number of anilines is 1. The molecule has 0 saturated carbocycles. The normalized spacial score (nSPS) is 18.2. The van der Waals surface area contributed by atoms with Crippen LogP contribution in [0, 0.1) is 11.6 Å². The average Bonchev–Trinajstić information content (AvgIpc) is 2.75. The highest BCUT2D eigenvalue weighted by Crippen LogP contribution is 2.18. The van der Waals surface area contributed by atoms with Crippen molar-refractivity contribution in [3.8, 4) is 0 Å². The lowest BCUT2D eigenvalue weighted by Gasteiger charge is -2.21. The number of likely N-dealkylation sites (tertiary alicyclic amines) is 1. The van der Waals surface area contributed by atoms with E-state index < -0.39 is 23.4 Å². The molecule has 1 atom stereocenters. The highest BCUT2D eigenvalue weighted by molar-refractivity contribution is 5.90. The molecule has 7 heteroatoms. The van der Waals surface area contributed by atoms with Crippen molar-refractivity contribution in [1.82, 2.24) is 10.2 Å². The number of para-hydroxylation sites is 1. The van der Waals surface area contributed by atoms with Crippen LogP contribution in [0.25, 0.3) is 0 Å². The molecule has 2 N–H and O–H groups in total. The van der Waals surface area contributed by atoms with E-state index in [2.05, 4.69) is 10.6 Å². The summed E-state index contributed by atoms with van der Waals surface area (Å²) in [5.41, 5.74) is -0.500. The van der Waals surface area contributed by atoms with Crippen LogP contribution in [0.3, 0.4) is 0 Å². The summed E-state index contributed by atoms with van der Waals surface area (Å²) in [6, 6.07) is 2.27. The van der Waals surface area contributed by atoms with E-state index in [1.54, 1.807) is 4.90 Å². The van der Waals surface area contributed by atoms with Crippen molar-refractivity contribution in [2.75, 3.05) is 11.9 Å². The first-order valence-corrected chi connectivity index (χ1v) is 6.69. The summed E-state index contributed by atoms with van der Waals surface area (Å²) in [5, 5.41) is 4.69. The first kappa shape index (κ1) is 15.2. The second-order valence-electron chi connectivity index (χ2n) is 5.24. The zero-order valence-corrected chi connectivity index (χ0v) is 11.8. The molecule has 1 aliphatic rings. The van der Waals surface area contributed by atoms with E-state index in [9.17, 15) is 18.4 Å². The molecular formula is C14H17F2N3O2. The Morgan fingerprint density at radius 2 is 1.95 bits per heavy atom. The molecule has 0 bridgehead atoms. The summed E-state index contributed by atoms with van der Waals surface area (Å²) in [7, 11) is 0. The molecule has 0 spiro atoms. The van der Waals surface area contributed by atoms with Crippen LogP contribution in [0.5, 0.6) is 0 Å². The first-order valence-electron chi connectivity index (χ1n) is 6.69. The van der Waals surface area contributed by atoms with E-state index >= 15 is 0 Å². The molecule has 1 aliphatic heterocycles. The van der Waals surface area contributed by atoms with Crippen LogP contribution >= 0.6 is 0 Å². The largest absolute Gasteiger partial charge is 0.338 e. The van der Waals surface area contributed by atoms with Gasteiger partial charge in [-0.15, -0.1) is 0 Å². The predicted molar refractivity (Wildman–Crippen MR) is 73.8 cm³/mol. The zero-order chi connectivity index (χ0) is 15.6. The topological polar surface area (TPSA) is 61.4 Å². The minimum Gasteiger partial charge on any atom is -0.338 e. The lowest BCUT2D eigenvalue weighted by atomic mass is 10.2. The van der Waals surface area contributed by atoms with E-state index in [1.807, 2.05) is 13.8 Å². The van der Waals surface area contributed by atoms with E-state index in [0.29, 0.717) is 6.54 Å². The second-order valence-corrected chi connectivity index (χ2v) is 5.24. The van der Waals surface area contributed by atoms with Crippen molar-refractivity contribution in [1.29, 1.82) is 0 Å². The zero-order valence-electron chi connectivity index (χ0n) is 11.8. The number of carbonyl (C=O) groups is 2. The van der Waals surface area contributed by atoms with Gasteiger partial charge in [0.05, 0.1) is 6.04 Å². The summed E-state index contributed by atoms with van der Waals surface area (Å²) in [6.45, 7) is 4.16. The van der Waals surface area contributed by atoms with E-state index in [0.717, 1.165) is 12.1 Å². The molecule has 1 aromatic carbocycles. The van der Waals surface area contributed by atoms with Crippen molar-refractivity contribution < 1.29 is 18.4 Å². The van der Waals surface area contributed by atoms with Gasteiger partial charge in [0.2, 0.25) is 5.91 Å². The molecule has 0 aliphatic carbocycles. The number of hydrogen-bond donors (Lipinski definition) is 2. The summed E-state index contributed by atoms with van der Waals surface area (Å²) >= 11 is 0. The maximum absolute atomic E-state index is 13.4. The lowest BCUT2D eigenvalue weighted by molar-refractivity contribution is -0.129. The number of rotatable bonds is 3. The van der Waals surface area contributed by atoms with Crippen LogP contribution in [-0.2, 0) is 4.79 Å². The molecule has 3 amide bonds. The van der Waals surface area contributed by atoms with Gasteiger partial charge in [0.25, 0.3) is 0 Å². The van der Waals surface area contributed by atoms with Crippen LogP contribution in [0.4, 0.5) is 19.3 Å². The van der Waals surface area contributed by atoms with Crippen LogP contribution < -0.4 is 10.6 Å². The molecule has 1 fully saturated rings. The van der Waals surface area contributed by atoms with Gasteiger partial charge in [-0.25, -0.2) is 13.6 Å². The Hall–Kier alpha value is -2.18.